The Hall–Kier alpha value is -3.25. The van der Waals surface area contributed by atoms with Crippen molar-refractivity contribution in [3.8, 4) is 0 Å². The fourth-order valence-electron chi connectivity index (χ4n) is 5.84. The van der Waals surface area contributed by atoms with Crippen LogP contribution >= 0.6 is 13.5 Å². The highest BCUT2D eigenvalue weighted by atomic mass is 32.1. The van der Waals surface area contributed by atoms with Crippen molar-refractivity contribution < 1.29 is 16.1 Å². The number of piperidine rings is 1. The SMILES string of the molecule is C[C@@H](CC(=O)N1CCC(O)(Cn2cnc3cc(NC(=O)CCN4CCN(C)CC4)ccc3c2=O)CC1)c1ccccc1.S.[HH]. The zero-order chi connectivity index (χ0) is 29.7. The number of hydrogen-bond acceptors (Lipinski definition) is 7. The van der Waals surface area contributed by atoms with E-state index in [9.17, 15) is 19.5 Å². The van der Waals surface area contributed by atoms with E-state index in [2.05, 4.69) is 34.1 Å². The summed E-state index contributed by atoms with van der Waals surface area (Å²) in [5.41, 5.74) is 0.897. The van der Waals surface area contributed by atoms with Gasteiger partial charge in [-0.25, -0.2) is 4.98 Å². The molecule has 2 aliphatic rings. The number of piperazine rings is 1. The maximum Gasteiger partial charge on any atom is 0.261 e. The standard InChI is InChI=1S/C32H42N6O4.H2S.H2/c1-24(25-6-4-3-5-7-25)20-30(40)37-14-11-32(42,12-15-37)22-38-23-33-28-21-26(8-9-27(28)31(38)41)34-29(39)10-13-36-18-16-35(2)17-19-36;;/h3-9,21,23-24,42H,10-20,22H2,1-2H3,(H,34,39);1H2;1H/t24-;;/m0../s1. The van der Waals surface area contributed by atoms with Gasteiger partial charge in [-0.05, 0) is 49.6 Å². The summed E-state index contributed by atoms with van der Waals surface area (Å²) in [7, 11) is 2.11. The number of nitrogens with zero attached hydrogens (tertiary/aromatic N) is 5. The van der Waals surface area contributed by atoms with Gasteiger partial charge in [0.2, 0.25) is 11.8 Å². The van der Waals surface area contributed by atoms with Gasteiger partial charge in [0.05, 0.1) is 29.4 Å². The first-order chi connectivity index (χ1) is 20.2. The lowest BCUT2D eigenvalue weighted by molar-refractivity contribution is -0.136. The molecule has 2 aliphatic heterocycles. The van der Waals surface area contributed by atoms with E-state index in [4.69, 9.17) is 0 Å². The molecule has 2 saturated heterocycles. The van der Waals surface area contributed by atoms with Gasteiger partial charge in [0.25, 0.3) is 5.56 Å². The van der Waals surface area contributed by atoms with Crippen molar-refractivity contribution in [1.29, 1.82) is 0 Å². The molecule has 3 heterocycles. The Morgan fingerprint density at radius 2 is 1.74 bits per heavy atom. The van der Waals surface area contributed by atoms with E-state index in [0.717, 1.165) is 38.3 Å². The summed E-state index contributed by atoms with van der Waals surface area (Å²) in [6.45, 7) is 7.75. The first-order valence-electron chi connectivity index (χ1n) is 14.9. The zero-order valence-corrected chi connectivity index (χ0v) is 26.2. The lowest BCUT2D eigenvalue weighted by Crippen LogP contribution is -2.49. The number of aromatic nitrogens is 2. The van der Waals surface area contributed by atoms with Crippen molar-refractivity contribution in [2.24, 2.45) is 0 Å². The van der Waals surface area contributed by atoms with Crippen LogP contribution in [-0.2, 0) is 16.1 Å². The first-order valence-corrected chi connectivity index (χ1v) is 14.9. The van der Waals surface area contributed by atoms with Gasteiger partial charge in [0.15, 0.2) is 0 Å². The van der Waals surface area contributed by atoms with Gasteiger partial charge in [0, 0.05) is 65.8 Å². The van der Waals surface area contributed by atoms with Crippen LogP contribution < -0.4 is 10.9 Å². The molecule has 0 spiro atoms. The summed E-state index contributed by atoms with van der Waals surface area (Å²) in [6, 6.07) is 15.1. The number of anilines is 1. The highest BCUT2D eigenvalue weighted by molar-refractivity contribution is 7.59. The molecule has 0 radical (unpaired) electrons. The quantitative estimate of drug-likeness (QED) is 0.383. The largest absolute Gasteiger partial charge is 0.388 e. The lowest BCUT2D eigenvalue weighted by atomic mass is 9.90. The molecule has 11 heteroatoms. The van der Waals surface area contributed by atoms with Gasteiger partial charge in [-0.1, -0.05) is 37.3 Å². The molecule has 2 amide bonds. The summed E-state index contributed by atoms with van der Waals surface area (Å²) < 4.78 is 1.45. The van der Waals surface area contributed by atoms with Crippen LogP contribution in [0.25, 0.3) is 10.9 Å². The molecule has 234 valence electrons. The van der Waals surface area contributed by atoms with E-state index in [1.807, 2.05) is 35.2 Å². The van der Waals surface area contributed by atoms with E-state index >= 15 is 0 Å². The maximum absolute atomic E-state index is 13.3. The molecule has 2 aromatic carbocycles. The molecule has 0 bridgehead atoms. The molecule has 2 fully saturated rings. The predicted octanol–water partition coefficient (Wildman–Crippen LogP) is 2.88. The third-order valence-corrected chi connectivity index (χ3v) is 8.72. The topological polar surface area (TPSA) is 111 Å². The monoisotopic (exact) mass is 610 g/mol. The van der Waals surface area contributed by atoms with Crippen LogP contribution in [0.1, 0.15) is 45.5 Å². The Morgan fingerprint density at radius 3 is 2.44 bits per heavy atom. The molecule has 2 N–H and O–H groups in total. The fourth-order valence-corrected chi connectivity index (χ4v) is 5.84. The van der Waals surface area contributed by atoms with Crippen LogP contribution in [0.5, 0.6) is 0 Å². The van der Waals surface area contributed by atoms with Gasteiger partial charge < -0.3 is 25.1 Å². The minimum Gasteiger partial charge on any atom is -0.388 e. The Balaban J connectivity index is 0.00000264. The smallest absolute Gasteiger partial charge is 0.261 e. The number of amides is 2. The molecule has 5 rings (SSSR count). The third kappa shape index (κ3) is 8.44. The number of likely N-dealkylation sites (N-methyl/N-ethyl adjacent to an activating group) is 1. The number of aliphatic hydroxyl groups is 1. The van der Waals surface area contributed by atoms with E-state index in [1.165, 1.54) is 10.9 Å². The number of carbonyl (C=O) groups is 2. The number of nitrogens with one attached hydrogen (secondary N) is 1. The van der Waals surface area contributed by atoms with Gasteiger partial charge in [0.1, 0.15) is 0 Å². The molecule has 43 heavy (non-hydrogen) atoms. The second kappa shape index (κ2) is 14.5. The van der Waals surface area contributed by atoms with Gasteiger partial charge in [-0.2, -0.15) is 13.5 Å². The molecule has 1 aromatic heterocycles. The van der Waals surface area contributed by atoms with E-state index in [0.29, 0.717) is 55.4 Å². The average Bonchev–Trinajstić information content (AvgIpc) is 2.99. The van der Waals surface area contributed by atoms with Gasteiger partial charge in [-0.3, -0.25) is 19.0 Å². The third-order valence-electron chi connectivity index (χ3n) is 8.72. The van der Waals surface area contributed by atoms with Crippen LogP contribution in [0.2, 0.25) is 0 Å². The summed E-state index contributed by atoms with van der Waals surface area (Å²) >= 11 is 0. The van der Waals surface area contributed by atoms with Crippen molar-refractivity contribution in [2.75, 3.05) is 58.2 Å². The van der Waals surface area contributed by atoms with Gasteiger partial charge >= 0.3 is 0 Å². The fraction of sp³-hybridized carbons (Fsp3) is 0.500. The summed E-state index contributed by atoms with van der Waals surface area (Å²) in [5, 5.41) is 14.7. The Kier molecular flexibility index (Phi) is 11.0. The molecular formula is C32H46N6O4S. The molecular weight excluding hydrogens is 564 g/mol. The normalized spacial score (nSPS) is 18.2. The average molecular weight is 611 g/mol. The van der Waals surface area contributed by atoms with Crippen molar-refractivity contribution in [3.05, 3.63) is 70.8 Å². The van der Waals surface area contributed by atoms with E-state index in [-0.39, 0.29) is 44.8 Å². The second-order valence-electron chi connectivity index (χ2n) is 12.0. The molecule has 3 aromatic rings. The molecule has 1 atom stereocenters. The summed E-state index contributed by atoms with van der Waals surface area (Å²) in [5.74, 6) is 0.140. The molecule has 0 unspecified atom stereocenters. The Morgan fingerprint density at radius 1 is 1.05 bits per heavy atom. The molecule has 0 saturated carbocycles. The van der Waals surface area contributed by atoms with Crippen molar-refractivity contribution in [1.82, 2.24) is 24.3 Å². The van der Waals surface area contributed by atoms with Crippen molar-refractivity contribution in [3.63, 3.8) is 0 Å². The van der Waals surface area contributed by atoms with Crippen LogP contribution in [0.15, 0.2) is 59.7 Å². The highest BCUT2D eigenvalue weighted by Gasteiger charge is 2.35. The number of likely N-dealkylation sites (tertiary alicyclic amines) is 1. The number of rotatable bonds is 9. The minimum atomic E-state index is -1.10. The minimum absolute atomic E-state index is 0. The second-order valence-corrected chi connectivity index (χ2v) is 12.0. The number of carbonyl (C=O) groups excluding carboxylic acids is 2. The summed E-state index contributed by atoms with van der Waals surface area (Å²) in [4.78, 5) is 49.6. The van der Waals surface area contributed by atoms with Crippen molar-refractivity contribution >= 4 is 41.9 Å². The maximum atomic E-state index is 13.3. The zero-order valence-electron chi connectivity index (χ0n) is 25.2. The Bertz CT molecular complexity index is 1460. The van der Waals surface area contributed by atoms with Gasteiger partial charge in [-0.15, -0.1) is 0 Å². The number of hydrogen-bond donors (Lipinski definition) is 2. The van der Waals surface area contributed by atoms with E-state index in [1.54, 1.807) is 18.2 Å². The number of fused-ring (bicyclic) bond motifs is 1. The highest BCUT2D eigenvalue weighted by Crippen LogP contribution is 2.27. The first kappa shape index (κ1) is 32.7. The van der Waals surface area contributed by atoms with Crippen LogP contribution in [0.3, 0.4) is 0 Å². The van der Waals surface area contributed by atoms with Crippen LogP contribution in [0.4, 0.5) is 5.69 Å². The van der Waals surface area contributed by atoms with Crippen molar-refractivity contribution in [2.45, 2.75) is 50.7 Å². The molecule has 10 nitrogen and oxygen atoms in total. The lowest BCUT2D eigenvalue weighted by Gasteiger charge is -2.38. The Labute approximate surface area is 261 Å². The summed E-state index contributed by atoms with van der Waals surface area (Å²) in [6.07, 6.45) is 3.07. The van der Waals surface area contributed by atoms with Crippen LogP contribution in [-0.4, -0.2) is 99.6 Å². The van der Waals surface area contributed by atoms with E-state index < -0.39 is 5.60 Å². The predicted molar refractivity (Wildman–Crippen MR) is 176 cm³/mol. The van der Waals surface area contributed by atoms with Crippen LogP contribution in [0, 0.1) is 0 Å². The number of benzene rings is 2. The molecule has 0 aliphatic carbocycles.